The minimum absolute atomic E-state index is 0.0367. The highest BCUT2D eigenvalue weighted by Crippen LogP contribution is 2.59. The molecule has 5 nitrogen and oxygen atoms in total. The summed E-state index contributed by atoms with van der Waals surface area (Å²) >= 11 is 0. The second-order valence-corrected chi connectivity index (χ2v) is 13.8. The molecular formula is C28H55N3O2+2. The molecule has 0 radical (unpaired) electrons. The van der Waals surface area contributed by atoms with Crippen LogP contribution in [-0.4, -0.2) is 41.2 Å². The molecule has 2 bridgehead atoms. The Morgan fingerprint density at radius 3 is 2.48 bits per heavy atom. The molecule has 192 valence electrons. The van der Waals surface area contributed by atoms with Crippen molar-refractivity contribution in [2.75, 3.05) is 13.2 Å². The Labute approximate surface area is 203 Å². The zero-order valence-corrected chi connectivity index (χ0v) is 22.2. The molecule has 3 aliphatic heterocycles. The Bertz CT molecular complexity index is 647. The minimum Gasteiger partial charge on any atom is -0.396 e. The van der Waals surface area contributed by atoms with Gasteiger partial charge in [-0.2, -0.15) is 0 Å². The van der Waals surface area contributed by atoms with Gasteiger partial charge in [0.05, 0.1) is 17.7 Å². The van der Waals surface area contributed by atoms with Gasteiger partial charge in [0.15, 0.2) is 0 Å². The highest BCUT2D eigenvalue weighted by molar-refractivity contribution is 5.13. The van der Waals surface area contributed by atoms with Gasteiger partial charge in [0.2, 0.25) is 0 Å². The van der Waals surface area contributed by atoms with Crippen molar-refractivity contribution < 1.29 is 20.9 Å². The smallest absolute Gasteiger partial charge is 0.137 e. The summed E-state index contributed by atoms with van der Waals surface area (Å²) in [5.74, 6) is 4.38. The van der Waals surface area contributed by atoms with Gasteiger partial charge in [-0.3, -0.25) is 5.73 Å². The van der Waals surface area contributed by atoms with Crippen molar-refractivity contribution in [3.63, 3.8) is 0 Å². The molecule has 3 saturated heterocycles. The third kappa shape index (κ3) is 5.63. The lowest BCUT2D eigenvalue weighted by molar-refractivity contribution is -0.703. The van der Waals surface area contributed by atoms with Gasteiger partial charge in [-0.05, 0) is 82.5 Å². The SMILES string of the molecule is CC(C)CCC1CC(CC2CCC(N)[NH2+]C2)CC(C23CCC(C([NH3+])(CCO)C2)C(C)(C)O3)C1. The summed E-state index contributed by atoms with van der Waals surface area (Å²) in [7, 11) is 0. The van der Waals surface area contributed by atoms with Crippen molar-refractivity contribution in [1.29, 1.82) is 0 Å². The minimum atomic E-state index is -0.137. The van der Waals surface area contributed by atoms with Crippen LogP contribution in [0.3, 0.4) is 0 Å². The molecule has 5 fully saturated rings. The fourth-order valence-corrected chi connectivity index (χ4v) is 8.89. The first-order valence-electron chi connectivity index (χ1n) is 14.3. The fourth-order valence-electron chi connectivity index (χ4n) is 8.89. The van der Waals surface area contributed by atoms with Crippen LogP contribution in [0.25, 0.3) is 0 Å². The van der Waals surface area contributed by atoms with Crippen molar-refractivity contribution in [3.05, 3.63) is 0 Å². The van der Waals surface area contributed by atoms with Crippen molar-refractivity contribution in [1.82, 2.24) is 0 Å². The van der Waals surface area contributed by atoms with Gasteiger partial charge >= 0.3 is 0 Å². The van der Waals surface area contributed by atoms with Crippen LogP contribution < -0.4 is 16.8 Å². The van der Waals surface area contributed by atoms with E-state index in [1.165, 1.54) is 70.8 Å². The van der Waals surface area contributed by atoms with Crippen LogP contribution in [0.1, 0.15) is 105 Å². The molecule has 0 amide bonds. The molecule has 3 heterocycles. The summed E-state index contributed by atoms with van der Waals surface area (Å²) in [5, 5.41) is 12.3. The van der Waals surface area contributed by atoms with E-state index in [-0.39, 0.29) is 23.3 Å². The Morgan fingerprint density at radius 2 is 1.85 bits per heavy atom. The quantitative estimate of drug-likeness (QED) is 0.443. The summed E-state index contributed by atoms with van der Waals surface area (Å²) in [5.41, 5.74) is 10.7. The van der Waals surface area contributed by atoms with Crippen LogP contribution in [0.4, 0.5) is 0 Å². The summed E-state index contributed by atoms with van der Waals surface area (Å²) in [4.78, 5) is 0. The number of aliphatic hydroxyl groups excluding tert-OH is 1. The van der Waals surface area contributed by atoms with E-state index in [1.807, 2.05) is 0 Å². The van der Waals surface area contributed by atoms with E-state index in [4.69, 9.17) is 16.2 Å². The first kappa shape index (κ1) is 25.9. The number of nitrogens with two attached hydrogens (primary N) is 2. The lowest BCUT2D eigenvalue weighted by Crippen LogP contribution is -2.95. The van der Waals surface area contributed by atoms with E-state index in [9.17, 15) is 5.11 Å². The maximum absolute atomic E-state index is 9.89. The first-order chi connectivity index (χ1) is 15.6. The number of quaternary nitrogens is 2. The van der Waals surface area contributed by atoms with Crippen molar-refractivity contribution in [3.8, 4) is 0 Å². The normalized spacial score (nSPS) is 45.5. The molecule has 0 aromatic rings. The predicted molar refractivity (Wildman–Crippen MR) is 133 cm³/mol. The Hall–Kier alpha value is -0.200. The van der Waals surface area contributed by atoms with Crippen molar-refractivity contribution >= 4 is 0 Å². The Kier molecular flexibility index (Phi) is 7.88. The summed E-state index contributed by atoms with van der Waals surface area (Å²) in [6.45, 7) is 10.8. The maximum Gasteiger partial charge on any atom is 0.137 e. The first-order valence-corrected chi connectivity index (χ1v) is 14.3. The predicted octanol–water partition coefficient (Wildman–Crippen LogP) is 2.81. The molecule has 8 N–H and O–H groups in total. The summed E-state index contributed by atoms with van der Waals surface area (Å²) < 4.78 is 7.12. The monoisotopic (exact) mass is 465 g/mol. The highest BCUT2D eigenvalue weighted by Gasteiger charge is 2.65. The van der Waals surface area contributed by atoms with E-state index >= 15 is 0 Å². The van der Waals surface area contributed by atoms with Crippen LogP contribution in [0.2, 0.25) is 0 Å². The Morgan fingerprint density at radius 1 is 1.09 bits per heavy atom. The zero-order valence-electron chi connectivity index (χ0n) is 22.2. The number of piperidine rings is 1. The van der Waals surface area contributed by atoms with E-state index in [2.05, 4.69) is 33.0 Å². The third-order valence-electron chi connectivity index (χ3n) is 10.3. The molecule has 2 saturated carbocycles. The standard InChI is InChI=1S/C28H53N3O2/c1-19(2)5-6-20-13-22(14-21-7-8-25(29)31-17-21)16-23(15-20)28-10-9-24(26(3,4)33-28)27(30,18-28)11-12-32/h19-25,31-32H,5-18,29-30H2,1-4H3/p+2. The van der Waals surface area contributed by atoms with Gasteiger partial charge in [0.1, 0.15) is 11.7 Å². The molecule has 5 aliphatic rings. The summed E-state index contributed by atoms with van der Waals surface area (Å²) in [6, 6.07) is 0. The number of ether oxygens (including phenoxy) is 1. The van der Waals surface area contributed by atoms with Crippen LogP contribution in [0.5, 0.6) is 0 Å². The molecule has 0 aromatic heterocycles. The fraction of sp³-hybridized carbons (Fsp3) is 1.00. The molecule has 5 heteroatoms. The number of aliphatic hydroxyl groups is 1. The molecule has 5 rings (SSSR count). The van der Waals surface area contributed by atoms with Gasteiger partial charge in [-0.15, -0.1) is 0 Å². The lowest BCUT2D eigenvalue weighted by Gasteiger charge is -2.64. The molecule has 2 aliphatic carbocycles. The number of hydrogen-bond acceptors (Lipinski definition) is 3. The van der Waals surface area contributed by atoms with Gasteiger partial charge < -0.3 is 20.9 Å². The van der Waals surface area contributed by atoms with Crippen LogP contribution in [0.15, 0.2) is 0 Å². The second kappa shape index (κ2) is 10.0. The maximum atomic E-state index is 9.89. The van der Waals surface area contributed by atoms with E-state index in [1.54, 1.807) is 0 Å². The van der Waals surface area contributed by atoms with Gasteiger partial charge in [-0.25, -0.2) is 0 Å². The average molecular weight is 466 g/mol. The van der Waals surface area contributed by atoms with Gasteiger partial charge in [0.25, 0.3) is 0 Å². The third-order valence-corrected chi connectivity index (χ3v) is 10.3. The van der Waals surface area contributed by atoms with E-state index in [0.29, 0.717) is 18.0 Å². The molecular weight excluding hydrogens is 410 g/mol. The molecule has 8 unspecified atom stereocenters. The second-order valence-electron chi connectivity index (χ2n) is 13.8. The van der Waals surface area contributed by atoms with E-state index in [0.717, 1.165) is 36.5 Å². The molecule has 33 heavy (non-hydrogen) atoms. The van der Waals surface area contributed by atoms with Gasteiger partial charge in [0, 0.05) is 37.7 Å². The van der Waals surface area contributed by atoms with Crippen LogP contribution in [-0.2, 0) is 4.74 Å². The lowest BCUT2D eigenvalue weighted by atomic mass is 9.52. The number of fused-ring (bicyclic) bond motifs is 3. The Balaban J connectivity index is 1.53. The van der Waals surface area contributed by atoms with Crippen molar-refractivity contribution in [2.24, 2.45) is 41.2 Å². The topological polar surface area (TPSA) is 99.7 Å². The van der Waals surface area contributed by atoms with Gasteiger partial charge in [-0.1, -0.05) is 26.7 Å². The number of rotatable bonds is 8. The number of hydrogen-bond donors (Lipinski definition) is 4. The zero-order chi connectivity index (χ0) is 23.9. The molecule has 0 aromatic carbocycles. The van der Waals surface area contributed by atoms with Crippen molar-refractivity contribution in [2.45, 2.75) is 128 Å². The van der Waals surface area contributed by atoms with Crippen LogP contribution >= 0.6 is 0 Å². The van der Waals surface area contributed by atoms with Crippen LogP contribution in [0, 0.1) is 35.5 Å². The largest absolute Gasteiger partial charge is 0.396 e. The van der Waals surface area contributed by atoms with E-state index < -0.39 is 0 Å². The molecule has 0 spiro atoms. The molecule has 8 atom stereocenters. The average Bonchev–Trinajstić information content (AvgIpc) is 2.73. The summed E-state index contributed by atoms with van der Waals surface area (Å²) in [6.07, 6.45) is 15.3. The highest BCUT2D eigenvalue weighted by atomic mass is 16.5.